The highest BCUT2D eigenvalue weighted by atomic mass is 16.5. The molecule has 2 rings (SSSR count). The molecule has 2 unspecified atom stereocenters. The van der Waals surface area contributed by atoms with Crippen LogP contribution in [0.2, 0.25) is 0 Å². The van der Waals surface area contributed by atoms with Gasteiger partial charge in [-0.15, -0.1) is 0 Å². The summed E-state index contributed by atoms with van der Waals surface area (Å²) in [5.41, 5.74) is 0.863. The third kappa shape index (κ3) is 3.46. The van der Waals surface area contributed by atoms with E-state index in [1.807, 2.05) is 19.1 Å². The van der Waals surface area contributed by atoms with Crippen LogP contribution in [0.3, 0.4) is 0 Å². The first-order chi connectivity index (χ1) is 9.76. The Morgan fingerprint density at radius 3 is 3.15 bits per heavy atom. The van der Waals surface area contributed by atoms with Gasteiger partial charge in [-0.05, 0) is 12.6 Å². The van der Waals surface area contributed by atoms with Gasteiger partial charge in [-0.3, -0.25) is 4.79 Å². The molecular formula is C14H21N3O3. The molecule has 1 saturated heterocycles. The van der Waals surface area contributed by atoms with Crippen molar-refractivity contribution in [3.05, 3.63) is 23.9 Å². The van der Waals surface area contributed by atoms with E-state index in [0.29, 0.717) is 25.6 Å². The van der Waals surface area contributed by atoms with E-state index in [2.05, 4.69) is 15.6 Å². The van der Waals surface area contributed by atoms with Crippen molar-refractivity contribution >= 4 is 5.91 Å². The summed E-state index contributed by atoms with van der Waals surface area (Å²) in [6.45, 7) is 4.31. The lowest BCUT2D eigenvalue weighted by Gasteiger charge is -2.18. The third-order valence-electron chi connectivity index (χ3n) is 3.38. The number of hydrogen-bond acceptors (Lipinski definition) is 5. The lowest BCUT2D eigenvalue weighted by molar-refractivity contribution is -0.125. The van der Waals surface area contributed by atoms with Crippen LogP contribution in [0, 0.1) is 5.92 Å². The van der Waals surface area contributed by atoms with Crippen molar-refractivity contribution in [3.8, 4) is 5.88 Å². The number of ether oxygens (including phenoxy) is 2. The summed E-state index contributed by atoms with van der Waals surface area (Å²) >= 11 is 0. The van der Waals surface area contributed by atoms with Crippen LogP contribution >= 0.6 is 0 Å². The van der Waals surface area contributed by atoms with Gasteiger partial charge < -0.3 is 20.1 Å². The van der Waals surface area contributed by atoms with Crippen LogP contribution in [0.4, 0.5) is 0 Å². The van der Waals surface area contributed by atoms with E-state index in [4.69, 9.17) is 9.47 Å². The molecule has 2 heterocycles. The molecule has 6 nitrogen and oxygen atoms in total. The normalized spacial score (nSPS) is 21.7. The van der Waals surface area contributed by atoms with Crippen molar-refractivity contribution < 1.29 is 14.3 Å². The number of aromatic nitrogens is 1. The maximum absolute atomic E-state index is 12.2. The smallest absolute Gasteiger partial charge is 0.227 e. The van der Waals surface area contributed by atoms with Crippen LogP contribution < -0.4 is 15.4 Å². The van der Waals surface area contributed by atoms with Gasteiger partial charge in [0.2, 0.25) is 11.8 Å². The molecule has 0 spiro atoms. The number of carbonyl (C=O) groups excluding carboxylic acids is 1. The first-order valence-corrected chi connectivity index (χ1v) is 6.83. The molecule has 1 aromatic rings. The molecule has 1 aromatic heterocycles. The Labute approximate surface area is 118 Å². The fourth-order valence-corrected chi connectivity index (χ4v) is 2.33. The van der Waals surface area contributed by atoms with Crippen molar-refractivity contribution in [2.45, 2.75) is 19.5 Å². The first-order valence-electron chi connectivity index (χ1n) is 6.83. The summed E-state index contributed by atoms with van der Waals surface area (Å²) in [6.07, 6.45) is 1.66. The molecule has 2 N–H and O–H groups in total. The first kappa shape index (κ1) is 14.7. The Kier molecular flexibility index (Phi) is 5.31. The highest BCUT2D eigenvalue weighted by molar-refractivity contribution is 5.79. The fraction of sp³-hybridized carbons (Fsp3) is 0.571. The average molecular weight is 279 g/mol. The maximum Gasteiger partial charge on any atom is 0.227 e. The predicted molar refractivity (Wildman–Crippen MR) is 74.4 cm³/mol. The van der Waals surface area contributed by atoms with E-state index < -0.39 is 0 Å². The van der Waals surface area contributed by atoms with Crippen molar-refractivity contribution in [1.29, 1.82) is 0 Å². The lowest BCUT2D eigenvalue weighted by atomic mass is 10.0. The Bertz CT molecular complexity index is 453. The van der Waals surface area contributed by atoms with Crippen LogP contribution in [0.15, 0.2) is 18.3 Å². The highest BCUT2D eigenvalue weighted by Crippen LogP contribution is 2.16. The van der Waals surface area contributed by atoms with Gasteiger partial charge in [0, 0.05) is 24.3 Å². The molecule has 0 saturated carbocycles. The summed E-state index contributed by atoms with van der Waals surface area (Å²) in [5, 5.41) is 6.20. The van der Waals surface area contributed by atoms with Crippen LogP contribution in [0.5, 0.6) is 5.88 Å². The minimum atomic E-state index is -0.141. The van der Waals surface area contributed by atoms with Gasteiger partial charge in [-0.2, -0.15) is 0 Å². The number of methoxy groups -OCH3 is 1. The van der Waals surface area contributed by atoms with E-state index in [-0.39, 0.29) is 17.9 Å². The van der Waals surface area contributed by atoms with Crippen LogP contribution in [-0.2, 0) is 16.1 Å². The molecule has 0 bridgehead atoms. The number of rotatable bonds is 6. The van der Waals surface area contributed by atoms with Gasteiger partial charge in [-0.25, -0.2) is 4.98 Å². The SMILES string of the molecule is CCNC1COCC1C(=O)NCc1cccnc1OC. The van der Waals surface area contributed by atoms with Gasteiger partial charge in [0.25, 0.3) is 0 Å². The monoisotopic (exact) mass is 279 g/mol. The average Bonchev–Trinajstić information content (AvgIpc) is 2.94. The van der Waals surface area contributed by atoms with E-state index in [1.54, 1.807) is 13.3 Å². The van der Waals surface area contributed by atoms with Gasteiger partial charge in [0.05, 0.1) is 26.2 Å². The summed E-state index contributed by atoms with van der Waals surface area (Å²) in [4.78, 5) is 16.3. The van der Waals surface area contributed by atoms with Crippen molar-refractivity contribution in [1.82, 2.24) is 15.6 Å². The van der Waals surface area contributed by atoms with Gasteiger partial charge in [-0.1, -0.05) is 13.0 Å². The summed E-state index contributed by atoms with van der Waals surface area (Å²) in [6, 6.07) is 3.80. The Morgan fingerprint density at radius 2 is 2.40 bits per heavy atom. The Balaban J connectivity index is 1.91. The summed E-state index contributed by atoms with van der Waals surface area (Å²) in [5.74, 6) is 0.399. The number of amides is 1. The predicted octanol–water partition coefficient (Wildman–Crippen LogP) is 0.331. The van der Waals surface area contributed by atoms with Crippen LogP contribution in [0.1, 0.15) is 12.5 Å². The zero-order valence-corrected chi connectivity index (χ0v) is 11.9. The number of nitrogens with zero attached hydrogens (tertiary/aromatic N) is 1. The number of carbonyl (C=O) groups is 1. The largest absolute Gasteiger partial charge is 0.481 e. The van der Waals surface area contributed by atoms with Gasteiger partial charge >= 0.3 is 0 Å². The zero-order chi connectivity index (χ0) is 14.4. The van der Waals surface area contributed by atoms with Crippen LogP contribution in [-0.4, -0.2) is 43.8 Å². The Hall–Kier alpha value is -1.66. The minimum absolute atomic E-state index is 0.000596. The second-order valence-corrected chi connectivity index (χ2v) is 4.70. The Morgan fingerprint density at radius 1 is 1.55 bits per heavy atom. The molecule has 1 amide bonds. The third-order valence-corrected chi connectivity index (χ3v) is 3.38. The molecular weight excluding hydrogens is 258 g/mol. The minimum Gasteiger partial charge on any atom is -0.481 e. The molecule has 0 radical (unpaired) electrons. The molecule has 1 aliphatic heterocycles. The molecule has 2 atom stereocenters. The van der Waals surface area contributed by atoms with E-state index in [1.165, 1.54) is 0 Å². The van der Waals surface area contributed by atoms with Crippen molar-refractivity contribution in [2.24, 2.45) is 5.92 Å². The molecule has 20 heavy (non-hydrogen) atoms. The standard InChI is InChI=1S/C14H21N3O3/c1-3-15-12-9-20-8-11(12)13(18)17-7-10-5-4-6-16-14(10)19-2/h4-6,11-12,15H,3,7-9H2,1-2H3,(H,17,18). The number of likely N-dealkylation sites (N-methyl/N-ethyl adjacent to an activating group) is 1. The molecule has 110 valence electrons. The molecule has 6 heteroatoms. The molecule has 0 aromatic carbocycles. The topological polar surface area (TPSA) is 72.5 Å². The fourth-order valence-electron chi connectivity index (χ4n) is 2.33. The summed E-state index contributed by atoms with van der Waals surface area (Å²) < 4.78 is 10.5. The van der Waals surface area contributed by atoms with Crippen molar-refractivity contribution in [2.75, 3.05) is 26.9 Å². The summed E-state index contributed by atoms with van der Waals surface area (Å²) in [7, 11) is 1.57. The van der Waals surface area contributed by atoms with E-state index in [9.17, 15) is 4.79 Å². The lowest BCUT2D eigenvalue weighted by Crippen LogP contribution is -2.43. The van der Waals surface area contributed by atoms with E-state index >= 15 is 0 Å². The number of nitrogens with one attached hydrogen (secondary N) is 2. The number of pyridine rings is 1. The second kappa shape index (κ2) is 7.21. The quantitative estimate of drug-likeness (QED) is 0.785. The second-order valence-electron chi connectivity index (χ2n) is 4.70. The molecule has 1 fully saturated rings. The van der Waals surface area contributed by atoms with Crippen LogP contribution in [0.25, 0.3) is 0 Å². The van der Waals surface area contributed by atoms with Crippen molar-refractivity contribution in [3.63, 3.8) is 0 Å². The van der Waals surface area contributed by atoms with Gasteiger partial charge in [0.1, 0.15) is 0 Å². The maximum atomic E-state index is 12.2. The highest BCUT2D eigenvalue weighted by Gasteiger charge is 2.33. The molecule has 1 aliphatic rings. The number of hydrogen-bond donors (Lipinski definition) is 2. The zero-order valence-electron chi connectivity index (χ0n) is 11.9. The van der Waals surface area contributed by atoms with Gasteiger partial charge in [0.15, 0.2) is 0 Å². The molecule has 0 aliphatic carbocycles. The van der Waals surface area contributed by atoms with E-state index in [0.717, 1.165) is 12.1 Å².